The number of carbonyl (C=O) groups is 1. The van der Waals surface area contributed by atoms with Crippen molar-refractivity contribution in [2.45, 2.75) is 12.8 Å². The fourth-order valence-corrected chi connectivity index (χ4v) is 1.73. The van der Waals surface area contributed by atoms with Gasteiger partial charge in [0.2, 0.25) is 5.91 Å². The molecule has 0 saturated carbocycles. The lowest BCUT2D eigenvalue weighted by atomic mass is 10.2. The van der Waals surface area contributed by atoms with Crippen molar-refractivity contribution in [1.82, 2.24) is 10.3 Å². The molecular weight excluding hydrogens is 240 g/mol. The Morgan fingerprint density at radius 3 is 2.79 bits per heavy atom. The number of amides is 1. The lowest BCUT2D eigenvalue weighted by Gasteiger charge is -2.06. The van der Waals surface area contributed by atoms with Gasteiger partial charge in [0.1, 0.15) is 5.75 Å². The SMILES string of the molecule is O=C(CCOc1ccccc1)NCCc1cc[nH]c1. The molecule has 2 N–H and O–H groups in total. The van der Waals surface area contributed by atoms with Crippen LogP contribution in [0.15, 0.2) is 48.8 Å². The van der Waals surface area contributed by atoms with Crippen LogP contribution in [0.5, 0.6) is 5.75 Å². The van der Waals surface area contributed by atoms with Crippen LogP contribution in [0, 0.1) is 0 Å². The van der Waals surface area contributed by atoms with Crippen LogP contribution in [0.25, 0.3) is 0 Å². The van der Waals surface area contributed by atoms with Crippen LogP contribution in [0.4, 0.5) is 0 Å². The van der Waals surface area contributed by atoms with Crippen LogP contribution < -0.4 is 10.1 Å². The van der Waals surface area contributed by atoms with Crippen molar-refractivity contribution in [3.05, 3.63) is 54.4 Å². The summed E-state index contributed by atoms with van der Waals surface area (Å²) in [7, 11) is 0. The highest BCUT2D eigenvalue weighted by atomic mass is 16.5. The van der Waals surface area contributed by atoms with E-state index in [4.69, 9.17) is 4.74 Å². The third-order valence-electron chi connectivity index (χ3n) is 2.74. The molecule has 1 amide bonds. The molecule has 0 saturated heterocycles. The molecule has 1 heterocycles. The molecule has 1 aromatic carbocycles. The zero-order chi connectivity index (χ0) is 13.3. The Hall–Kier alpha value is -2.23. The van der Waals surface area contributed by atoms with E-state index in [1.807, 2.05) is 48.8 Å². The number of hydrogen-bond donors (Lipinski definition) is 2. The number of para-hydroxylation sites is 1. The molecule has 0 spiro atoms. The number of ether oxygens (including phenoxy) is 1. The molecule has 0 aliphatic rings. The molecule has 0 radical (unpaired) electrons. The first-order valence-corrected chi connectivity index (χ1v) is 6.41. The third-order valence-corrected chi connectivity index (χ3v) is 2.74. The Bertz CT molecular complexity index is 480. The number of carbonyl (C=O) groups excluding carboxylic acids is 1. The zero-order valence-corrected chi connectivity index (χ0v) is 10.8. The van der Waals surface area contributed by atoms with Crippen LogP contribution in [0.2, 0.25) is 0 Å². The normalized spacial score (nSPS) is 10.1. The summed E-state index contributed by atoms with van der Waals surface area (Å²) in [5.74, 6) is 0.814. The molecule has 0 bridgehead atoms. The summed E-state index contributed by atoms with van der Waals surface area (Å²) in [4.78, 5) is 14.6. The van der Waals surface area contributed by atoms with Crippen LogP contribution in [0.1, 0.15) is 12.0 Å². The maximum Gasteiger partial charge on any atom is 0.223 e. The van der Waals surface area contributed by atoms with Crippen molar-refractivity contribution in [3.8, 4) is 5.75 Å². The van der Waals surface area contributed by atoms with Crippen molar-refractivity contribution < 1.29 is 9.53 Å². The molecule has 100 valence electrons. The topological polar surface area (TPSA) is 54.1 Å². The van der Waals surface area contributed by atoms with Gasteiger partial charge < -0.3 is 15.0 Å². The van der Waals surface area contributed by atoms with Gasteiger partial charge >= 0.3 is 0 Å². The van der Waals surface area contributed by atoms with Crippen LogP contribution in [0.3, 0.4) is 0 Å². The Labute approximate surface area is 112 Å². The second kappa shape index (κ2) is 7.26. The maximum absolute atomic E-state index is 11.6. The Kier molecular flexibility index (Phi) is 5.05. The molecule has 2 aromatic rings. The molecule has 4 heteroatoms. The first-order valence-electron chi connectivity index (χ1n) is 6.41. The number of H-pyrrole nitrogens is 1. The van der Waals surface area contributed by atoms with Crippen molar-refractivity contribution in [2.24, 2.45) is 0 Å². The highest BCUT2D eigenvalue weighted by Crippen LogP contribution is 2.08. The fraction of sp³-hybridized carbons (Fsp3) is 0.267. The number of hydrogen-bond acceptors (Lipinski definition) is 2. The lowest BCUT2D eigenvalue weighted by molar-refractivity contribution is -0.121. The van der Waals surface area contributed by atoms with E-state index < -0.39 is 0 Å². The van der Waals surface area contributed by atoms with Gasteiger partial charge in [-0.05, 0) is 30.2 Å². The summed E-state index contributed by atoms with van der Waals surface area (Å²) in [5.41, 5.74) is 1.20. The van der Waals surface area contributed by atoms with Gasteiger partial charge in [0.25, 0.3) is 0 Å². The van der Waals surface area contributed by atoms with E-state index in [-0.39, 0.29) is 5.91 Å². The second-order valence-electron chi connectivity index (χ2n) is 4.23. The highest BCUT2D eigenvalue weighted by Gasteiger charge is 2.01. The summed E-state index contributed by atoms with van der Waals surface area (Å²) in [6.07, 6.45) is 5.03. The van der Waals surface area contributed by atoms with Crippen molar-refractivity contribution in [1.29, 1.82) is 0 Å². The minimum atomic E-state index is 0.0199. The first-order chi connectivity index (χ1) is 9.34. The summed E-state index contributed by atoms with van der Waals surface area (Å²) in [5, 5.41) is 2.87. The average Bonchev–Trinajstić information content (AvgIpc) is 2.93. The number of rotatable bonds is 7. The summed E-state index contributed by atoms with van der Waals surface area (Å²) < 4.78 is 5.46. The summed E-state index contributed by atoms with van der Waals surface area (Å²) >= 11 is 0. The van der Waals surface area contributed by atoms with Gasteiger partial charge in [-0.15, -0.1) is 0 Å². The Morgan fingerprint density at radius 1 is 1.21 bits per heavy atom. The molecule has 0 fully saturated rings. The maximum atomic E-state index is 11.6. The molecule has 0 aliphatic carbocycles. The molecule has 0 unspecified atom stereocenters. The van der Waals surface area contributed by atoms with Gasteiger partial charge in [-0.3, -0.25) is 4.79 Å². The van der Waals surface area contributed by atoms with E-state index in [2.05, 4.69) is 10.3 Å². The number of nitrogens with one attached hydrogen (secondary N) is 2. The standard InChI is InChI=1S/C15H18N2O2/c18-15(17-10-7-13-6-9-16-12-13)8-11-19-14-4-2-1-3-5-14/h1-6,9,12,16H,7-8,10-11H2,(H,17,18). The zero-order valence-electron chi connectivity index (χ0n) is 10.8. The molecular formula is C15H18N2O2. The quantitative estimate of drug-likeness (QED) is 0.799. The van der Waals surface area contributed by atoms with Gasteiger partial charge in [0, 0.05) is 18.9 Å². The smallest absolute Gasteiger partial charge is 0.223 e. The number of benzene rings is 1. The highest BCUT2D eigenvalue weighted by molar-refractivity contribution is 5.75. The van der Waals surface area contributed by atoms with E-state index in [0.717, 1.165) is 12.2 Å². The summed E-state index contributed by atoms with van der Waals surface area (Å²) in [6.45, 7) is 1.06. The third kappa shape index (κ3) is 4.87. The van der Waals surface area contributed by atoms with Crippen molar-refractivity contribution in [2.75, 3.05) is 13.2 Å². The number of aromatic nitrogens is 1. The Morgan fingerprint density at radius 2 is 2.05 bits per heavy atom. The second-order valence-corrected chi connectivity index (χ2v) is 4.23. The summed E-state index contributed by atoms with van der Waals surface area (Å²) in [6, 6.07) is 11.5. The van der Waals surface area contributed by atoms with Gasteiger partial charge in [-0.25, -0.2) is 0 Å². The van der Waals surface area contributed by atoms with E-state index in [1.54, 1.807) is 0 Å². The molecule has 0 aliphatic heterocycles. The van der Waals surface area contributed by atoms with E-state index >= 15 is 0 Å². The average molecular weight is 258 g/mol. The molecule has 19 heavy (non-hydrogen) atoms. The van der Waals surface area contributed by atoms with Crippen LogP contribution in [-0.4, -0.2) is 24.0 Å². The monoisotopic (exact) mass is 258 g/mol. The van der Waals surface area contributed by atoms with Crippen LogP contribution in [-0.2, 0) is 11.2 Å². The minimum absolute atomic E-state index is 0.0199. The lowest BCUT2D eigenvalue weighted by Crippen LogP contribution is -2.26. The van der Waals surface area contributed by atoms with Gasteiger partial charge in [0.15, 0.2) is 0 Å². The largest absolute Gasteiger partial charge is 0.493 e. The van der Waals surface area contributed by atoms with Gasteiger partial charge in [-0.1, -0.05) is 18.2 Å². The molecule has 2 rings (SSSR count). The number of aromatic amines is 1. The van der Waals surface area contributed by atoms with E-state index in [0.29, 0.717) is 19.6 Å². The van der Waals surface area contributed by atoms with Crippen LogP contribution >= 0.6 is 0 Å². The van der Waals surface area contributed by atoms with E-state index in [9.17, 15) is 4.79 Å². The van der Waals surface area contributed by atoms with Gasteiger partial charge in [-0.2, -0.15) is 0 Å². The van der Waals surface area contributed by atoms with Gasteiger partial charge in [0.05, 0.1) is 13.0 Å². The molecule has 1 aromatic heterocycles. The fourth-order valence-electron chi connectivity index (χ4n) is 1.73. The predicted octanol–water partition coefficient (Wildman–Crippen LogP) is 2.14. The Balaban J connectivity index is 1.57. The van der Waals surface area contributed by atoms with E-state index in [1.165, 1.54) is 5.56 Å². The first kappa shape index (κ1) is 13.2. The van der Waals surface area contributed by atoms with Crippen molar-refractivity contribution in [3.63, 3.8) is 0 Å². The minimum Gasteiger partial charge on any atom is -0.493 e. The van der Waals surface area contributed by atoms with Crippen molar-refractivity contribution >= 4 is 5.91 Å². The molecule has 0 atom stereocenters. The predicted molar refractivity (Wildman–Crippen MR) is 74.1 cm³/mol. The molecule has 4 nitrogen and oxygen atoms in total.